The lowest BCUT2D eigenvalue weighted by Crippen LogP contribution is -2.08. The molecule has 7 heteroatoms. The van der Waals surface area contributed by atoms with E-state index in [1.165, 1.54) is 11.8 Å². The predicted molar refractivity (Wildman–Crippen MR) is 88.6 cm³/mol. The van der Waals surface area contributed by atoms with Crippen LogP contribution in [0.5, 0.6) is 0 Å². The summed E-state index contributed by atoms with van der Waals surface area (Å²) >= 11 is 1.49. The second-order valence-electron chi connectivity index (χ2n) is 4.74. The summed E-state index contributed by atoms with van der Waals surface area (Å²) in [6, 6.07) is 11.6. The first-order valence-electron chi connectivity index (χ1n) is 6.84. The summed E-state index contributed by atoms with van der Waals surface area (Å²) in [7, 11) is -3.59. The Morgan fingerprint density at radius 1 is 1.41 bits per heavy atom. The maximum atomic E-state index is 11.5. The number of rotatable bonds is 5. The van der Waals surface area contributed by atoms with E-state index in [4.69, 9.17) is 0 Å². The summed E-state index contributed by atoms with van der Waals surface area (Å²) in [6.45, 7) is 1.76. The van der Waals surface area contributed by atoms with Gasteiger partial charge in [-0.15, -0.1) is 11.8 Å². The van der Waals surface area contributed by atoms with Gasteiger partial charge < -0.3 is 0 Å². The third-order valence-electron chi connectivity index (χ3n) is 2.96. The molecule has 2 rings (SSSR count). The van der Waals surface area contributed by atoms with Crippen molar-refractivity contribution in [1.29, 1.82) is 5.26 Å². The molecule has 0 aliphatic carbocycles. The molecule has 1 fully saturated rings. The fourth-order valence-corrected chi connectivity index (χ4v) is 3.83. The van der Waals surface area contributed by atoms with Crippen LogP contribution in [-0.2, 0) is 14.4 Å². The summed E-state index contributed by atoms with van der Waals surface area (Å²) in [5.41, 5.74) is 2.09. The molecule has 1 saturated heterocycles. The van der Waals surface area contributed by atoms with E-state index in [9.17, 15) is 13.7 Å². The van der Waals surface area contributed by atoms with Gasteiger partial charge in [-0.1, -0.05) is 42.4 Å². The van der Waals surface area contributed by atoms with Crippen LogP contribution in [0.25, 0.3) is 5.57 Å². The number of hydrogen-bond donors (Lipinski definition) is 0. The number of oxime groups is 1. The van der Waals surface area contributed by atoms with Crippen LogP contribution >= 0.6 is 11.8 Å². The van der Waals surface area contributed by atoms with Gasteiger partial charge in [0.05, 0.1) is 17.0 Å². The maximum absolute atomic E-state index is 11.5. The van der Waals surface area contributed by atoms with E-state index in [1.54, 1.807) is 6.92 Å². The number of nitriles is 1. The van der Waals surface area contributed by atoms with Gasteiger partial charge in [0, 0.05) is 17.1 Å². The van der Waals surface area contributed by atoms with Gasteiger partial charge in [0.1, 0.15) is 6.07 Å². The van der Waals surface area contributed by atoms with Crippen molar-refractivity contribution in [2.24, 2.45) is 5.16 Å². The highest BCUT2D eigenvalue weighted by Crippen LogP contribution is 2.35. The van der Waals surface area contributed by atoms with Crippen LogP contribution in [0.4, 0.5) is 0 Å². The Morgan fingerprint density at radius 2 is 2.14 bits per heavy atom. The number of nitrogens with zero attached hydrogens (tertiary/aromatic N) is 2. The predicted octanol–water partition coefficient (Wildman–Crippen LogP) is 3.17. The molecule has 0 bridgehead atoms. The van der Waals surface area contributed by atoms with Crippen LogP contribution < -0.4 is 0 Å². The average molecular weight is 336 g/mol. The highest BCUT2D eigenvalue weighted by molar-refractivity contribution is 8.04. The number of benzene rings is 1. The summed E-state index contributed by atoms with van der Waals surface area (Å²) in [4.78, 5) is 0.893. The smallest absolute Gasteiger partial charge is 0.268 e. The Bertz CT molecular complexity index is 732. The molecule has 1 aliphatic heterocycles. The van der Waals surface area contributed by atoms with Gasteiger partial charge in [0.15, 0.2) is 0 Å². The van der Waals surface area contributed by atoms with Gasteiger partial charge in [0.25, 0.3) is 0 Å². The van der Waals surface area contributed by atoms with Crippen molar-refractivity contribution < 1.29 is 12.7 Å². The zero-order valence-electron chi connectivity index (χ0n) is 12.2. The average Bonchev–Trinajstić information content (AvgIpc) is 2.96. The van der Waals surface area contributed by atoms with Crippen molar-refractivity contribution in [3.8, 4) is 6.07 Å². The lowest BCUT2D eigenvalue weighted by Gasteiger charge is -2.02. The number of allylic oxidation sites excluding steroid dienone is 2. The third-order valence-corrected chi connectivity index (χ3v) is 5.35. The van der Waals surface area contributed by atoms with Gasteiger partial charge in [-0.2, -0.15) is 13.7 Å². The lowest BCUT2D eigenvalue weighted by molar-refractivity contribution is 0.338. The Kier molecular flexibility index (Phi) is 5.63. The molecular formula is C15H16N2O3S2. The van der Waals surface area contributed by atoms with Crippen molar-refractivity contribution in [2.45, 2.75) is 19.8 Å². The highest BCUT2D eigenvalue weighted by atomic mass is 32.2. The highest BCUT2D eigenvalue weighted by Gasteiger charge is 2.21. The minimum Gasteiger partial charge on any atom is -0.268 e. The molecule has 0 unspecified atom stereocenters. The van der Waals surface area contributed by atoms with E-state index in [-0.39, 0.29) is 5.75 Å². The molecule has 0 spiro atoms. The second kappa shape index (κ2) is 7.47. The molecule has 0 saturated carbocycles. The van der Waals surface area contributed by atoms with Crippen LogP contribution in [0, 0.1) is 11.3 Å². The number of thioether (sulfide) groups is 1. The van der Waals surface area contributed by atoms with Crippen LogP contribution in [0.3, 0.4) is 0 Å². The minimum atomic E-state index is -3.59. The quantitative estimate of drug-likeness (QED) is 0.609. The first-order valence-corrected chi connectivity index (χ1v) is 9.40. The molecule has 1 aromatic rings. The van der Waals surface area contributed by atoms with Crippen molar-refractivity contribution in [3.05, 3.63) is 40.8 Å². The largest absolute Gasteiger partial charge is 0.328 e. The van der Waals surface area contributed by atoms with Crippen molar-refractivity contribution in [2.75, 3.05) is 11.5 Å². The Morgan fingerprint density at radius 3 is 2.77 bits per heavy atom. The zero-order valence-corrected chi connectivity index (χ0v) is 13.8. The summed E-state index contributed by atoms with van der Waals surface area (Å²) in [6.07, 6.45) is 0.934. The summed E-state index contributed by atoms with van der Waals surface area (Å²) < 4.78 is 27.6. The van der Waals surface area contributed by atoms with E-state index in [2.05, 4.69) is 15.5 Å². The van der Waals surface area contributed by atoms with E-state index >= 15 is 0 Å². The molecule has 0 N–H and O–H groups in total. The number of hydrogen-bond acceptors (Lipinski definition) is 6. The Hall–Kier alpha value is -1.78. The van der Waals surface area contributed by atoms with Crippen molar-refractivity contribution in [1.82, 2.24) is 0 Å². The van der Waals surface area contributed by atoms with Crippen LogP contribution in [0.15, 0.2) is 40.4 Å². The topological polar surface area (TPSA) is 79.5 Å². The van der Waals surface area contributed by atoms with E-state index < -0.39 is 10.1 Å². The van der Waals surface area contributed by atoms with E-state index in [0.29, 0.717) is 29.9 Å². The standard InChI is InChI=1S/C15H16N2O3S2/c1-2-8-22(18,19)20-17-13-9-15(21-11-13)14(10-16)12-6-4-3-5-7-12/h3-7H,2,8-9,11H2,1H3. The van der Waals surface area contributed by atoms with Gasteiger partial charge in [-0.3, -0.25) is 4.28 Å². The normalized spacial score (nSPS) is 19.0. The van der Waals surface area contributed by atoms with Crippen LogP contribution in [0.2, 0.25) is 0 Å². The van der Waals surface area contributed by atoms with Gasteiger partial charge in [-0.25, -0.2) is 0 Å². The van der Waals surface area contributed by atoms with Crippen LogP contribution in [-0.4, -0.2) is 25.6 Å². The molecule has 0 atom stereocenters. The molecule has 1 aliphatic rings. The monoisotopic (exact) mass is 336 g/mol. The SMILES string of the molecule is CCCS(=O)(=O)ON=C1CSC(=C(C#N)c2ccccc2)C1. The molecule has 0 amide bonds. The summed E-state index contributed by atoms with van der Waals surface area (Å²) in [5, 5.41) is 13.1. The Labute approximate surface area is 134 Å². The van der Waals surface area contributed by atoms with E-state index in [0.717, 1.165) is 10.5 Å². The van der Waals surface area contributed by atoms with Crippen molar-refractivity contribution >= 4 is 33.2 Å². The fraction of sp³-hybridized carbons (Fsp3) is 0.333. The Balaban J connectivity index is 2.15. The molecule has 0 aromatic heterocycles. The molecular weight excluding hydrogens is 320 g/mol. The summed E-state index contributed by atoms with van der Waals surface area (Å²) in [5.74, 6) is 0.488. The fourth-order valence-electron chi connectivity index (χ4n) is 1.97. The molecule has 5 nitrogen and oxygen atoms in total. The maximum Gasteiger partial charge on any atom is 0.328 e. The zero-order chi connectivity index (χ0) is 16.0. The van der Waals surface area contributed by atoms with Crippen LogP contribution in [0.1, 0.15) is 25.3 Å². The van der Waals surface area contributed by atoms with Gasteiger partial charge in [-0.05, 0) is 12.0 Å². The molecule has 22 heavy (non-hydrogen) atoms. The second-order valence-corrected chi connectivity index (χ2v) is 7.48. The molecule has 0 radical (unpaired) electrons. The molecule has 1 aromatic carbocycles. The van der Waals surface area contributed by atoms with Gasteiger partial charge in [0.2, 0.25) is 0 Å². The van der Waals surface area contributed by atoms with Crippen molar-refractivity contribution in [3.63, 3.8) is 0 Å². The molecule has 1 heterocycles. The van der Waals surface area contributed by atoms with Gasteiger partial charge >= 0.3 is 10.1 Å². The molecule has 116 valence electrons. The lowest BCUT2D eigenvalue weighted by atomic mass is 10.1. The third kappa shape index (κ3) is 4.36. The van der Waals surface area contributed by atoms with E-state index in [1.807, 2.05) is 30.3 Å². The first-order chi connectivity index (χ1) is 10.6. The minimum absolute atomic E-state index is 0.0485. The first kappa shape index (κ1) is 16.6.